The van der Waals surface area contributed by atoms with Crippen LogP contribution in [0.25, 0.3) is 21.5 Å². The molecule has 5 nitrogen and oxygen atoms in total. The number of rotatable bonds is 4. The first-order valence-electron chi connectivity index (χ1n) is 11.5. The van der Waals surface area contributed by atoms with Crippen LogP contribution in [0.15, 0.2) is 91.3 Å². The average molecular weight is 432 g/mol. The molecule has 1 aliphatic rings. The summed E-state index contributed by atoms with van der Waals surface area (Å²) in [5.74, 6) is 0.988. The molecule has 162 valence electrons. The Bertz CT molecular complexity index is 1400. The van der Waals surface area contributed by atoms with Crippen LogP contribution in [0.4, 0.5) is 11.5 Å². The fraction of sp³-hybridized carbons (Fsp3) is 0.179. The molecule has 5 heteroatoms. The predicted molar refractivity (Wildman–Crippen MR) is 135 cm³/mol. The zero-order chi connectivity index (χ0) is 22.0. The summed E-state index contributed by atoms with van der Waals surface area (Å²) in [7, 11) is 0. The normalized spacial score (nSPS) is 14.2. The van der Waals surface area contributed by atoms with E-state index >= 15 is 0 Å². The molecule has 5 aromatic rings. The van der Waals surface area contributed by atoms with E-state index in [4.69, 9.17) is 5.10 Å². The van der Waals surface area contributed by atoms with Gasteiger partial charge in [0.1, 0.15) is 0 Å². The number of anilines is 2. The van der Waals surface area contributed by atoms with Crippen molar-refractivity contribution in [2.45, 2.75) is 6.42 Å². The molecule has 6 rings (SSSR count). The topological polar surface area (TPSA) is 45.2 Å². The van der Waals surface area contributed by atoms with E-state index in [0.29, 0.717) is 0 Å². The minimum atomic E-state index is 0.755. The monoisotopic (exact) mass is 431 g/mol. The fourth-order valence-electron chi connectivity index (χ4n) is 4.85. The van der Waals surface area contributed by atoms with Crippen molar-refractivity contribution >= 4 is 33.1 Å². The lowest BCUT2D eigenvalue weighted by molar-refractivity contribution is 0.646. The van der Waals surface area contributed by atoms with Gasteiger partial charge in [0.15, 0.2) is 5.82 Å². The first-order chi connectivity index (χ1) is 16.4. The molecular weight excluding hydrogens is 406 g/mol. The lowest BCUT2D eigenvalue weighted by Gasteiger charge is -2.37. The van der Waals surface area contributed by atoms with Gasteiger partial charge in [-0.2, -0.15) is 5.10 Å². The number of hydrogen-bond acceptors (Lipinski definition) is 5. The highest BCUT2D eigenvalue weighted by molar-refractivity contribution is 5.95. The van der Waals surface area contributed by atoms with E-state index in [1.54, 1.807) is 0 Å². The summed E-state index contributed by atoms with van der Waals surface area (Å²) in [6.45, 7) is 3.77. The molecule has 0 bridgehead atoms. The van der Waals surface area contributed by atoms with Crippen LogP contribution in [-0.4, -0.2) is 41.4 Å². The number of benzene rings is 3. The summed E-state index contributed by atoms with van der Waals surface area (Å²) in [6, 6.07) is 27.8. The van der Waals surface area contributed by atoms with Crippen molar-refractivity contribution in [2.24, 2.45) is 0 Å². The number of fused-ring (bicyclic) bond motifs is 2. The van der Waals surface area contributed by atoms with E-state index in [2.05, 4.69) is 86.6 Å². The van der Waals surface area contributed by atoms with Crippen LogP contribution in [-0.2, 0) is 6.42 Å². The molecule has 2 aromatic heterocycles. The first-order valence-corrected chi connectivity index (χ1v) is 11.5. The smallest absolute Gasteiger partial charge is 0.159 e. The SMILES string of the molecule is c1ccc2c(N3CCN(c4nnc(Cc5ccncc5)c5ccccc45)CC3)cccc2c1. The molecule has 0 saturated carbocycles. The van der Waals surface area contributed by atoms with Gasteiger partial charge in [0.2, 0.25) is 0 Å². The van der Waals surface area contributed by atoms with E-state index in [1.807, 2.05) is 24.5 Å². The second-order valence-electron chi connectivity index (χ2n) is 8.52. The van der Waals surface area contributed by atoms with Gasteiger partial charge in [-0.05, 0) is 29.1 Å². The molecule has 0 spiro atoms. The summed E-state index contributed by atoms with van der Waals surface area (Å²) in [5.41, 5.74) is 3.52. The van der Waals surface area contributed by atoms with Crippen LogP contribution in [0.1, 0.15) is 11.3 Å². The van der Waals surface area contributed by atoms with Gasteiger partial charge in [0.05, 0.1) is 5.69 Å². The Morgan fingerprint density at radius 1 is 0.606 bits per heavy atom. The lowest BCUT2D eigenvalue weighted by atomic mass is 10.0. The van der Waals surface area contributed by atoms with Gasteiger partial charge in [0, 0.05) is 66.8 Å². The van der Waals surface area contributed by atoms with Crippen molar-refractivity contribution in [3.8, 4) is 0 Å². The Hall–Kier alpha value is -3.99. The molecule has 3 aromatic carbocycles. The van der Waals surface area contributed by atoms with Crippen molar-refractivity contribution in [1.82, 2.24) is 15.2 Å². The van der Waals surface area contributed by atoms with E-state index in [0.717, 1.165) is 44.1 Å². The molecule has 1 fully saturated rings. The first kappa shape index (κ1) is 19.7. The molecule has 0 N–H and O–H groups in total. The lowest BCUT2D eigenvalue weighted by Crippen LogP contribution is -2.47. The van der Waals surface area contributed by atoms with Crippen molar-refractivity contribution in [2.75, 3.05) is 36.0 Å². The Kier molecular flexibility index (Phi) is 5.07. The van der Waals surface area contributed by atoms with Crippen LogP contribution in [0.2, 0.25) is 0 Å². The summed E-state index contributed by atoms with van der Waals surface area (Å²) < 4.78 is 0. The van der Waals surface area contributed by atoms with Gasteiger partial charge in [-0.3, -0.25) is 4.98 Å². The van der Waals surface area contributed by atoms with Crippen LogP contribution >= 0.6 is 0 Å². The van der Waals surface area contributed by atoms with Crippen LogP contribution < -0.4 is 9.80 Å². The highest BCUT2D eigenvalue weighted by atomic mass is 15.3. The Morgan fingerprint density at radius 2 is 1.27 bits per heavy atom. The average Bonchev–Trinajstić information content (AvgIpc) is 2.89. The highest BCUT2D eigenvalue weighted by Crippen LogP contribution is 2.31. The van der Waals surface area contributed by atoms with Crippen molar-refractivity contribution in [3.63, 3.8) is 0 Å². The van der Waals surface area contributed by atoms with Gasteiger partial charge >= 0.3 is 0 Å². The zero-order valence-electron chi connectivity index (χ0n) is 18.4. The Labute approximate surface area is 193 Å². The zero-order valence-corrected chi connectivity index (χ0v) is 18.4. The van der Waals surface area contributed by atoms with Crippen LogP contribution in [0, 0.1) is 0 Å². The highest BCUT2D eigenvalue weighted by Gasteiger charge is 2.22. The number of nitrogens with zero attached hydrogens (tertiary/aromatic N) is 5. The molecule has 0 aliphatic carbocycles. The summed E-state index contributed by atoms with van der Waals surface area (Å²) in [4.78, 5) is 9.00. The molecule has 0 amide bonds. The second kappa shape index (κ2) is 8.51. The van der Waals surface area contributed by atoms with Crippen molar-refractivity contribution in [1.29, 1.82) is 0 Å². The Morgan fingerprint density at radius 3 is 2.09 bits per heavy atom. The quantitative estimate of drug-likeness (QED) is 0.396. The van der Waals surface area contributed by atoms with Crippen LogP contribution in [0.5, 0.6) is 0 Å². The third-order valence-corrected chi connectivity index (χ3v) is 6.55. The van der Waals surface area contributed by atoms with Gasteiger partial charge in [-0.25, -0.2) is 0 Å². The Balaban J connectivity index is 1.27. The molecule has 0 atom stereocenters. The van der Waals surface area contributed by atoms with Crippen molar-refractivity contribution in [3.05, 3.63) is 103 Å². The maximum Gasteiger partial charge on any atom is 0.159 e. The third-order valence-electron chi connectivity index (χ3n) is 6.55. The standard InChI is InChI=1S/C28H25N5/c1-2-8-23-22(6-1)7-5-11-27(23)32-16-18-33(19-17-32)28-25-10-4-3-9-24(25)26(30-31-28)20-21-12-14-29-15-13-21/h1-15H,16-20H2. The maximum absolute atomic E-state index is 4.72. The summed E-state index contributed by atoms with van der Waals surface area (Å²) in [6.07, 6.45) is 4.41. The number of piperazine rings is 1. The van der Waals surface area contributed by atoms with E-state index < -0.39 is 0 Å². The van der Waals surface area contributed by atoms with Gasteiger partial charge in [-0.15, -0.1) is 5.10 Å². The van der Waals surface area contributed by atoms with Gasteiger partial charge in [0.25, 0.3) is 0 Å². The molecule has 3 heterocycles. The maximum atomic E-state index is 4.72. The van der Waals surface area contributed by atoms with Crippen molar-refractivity contribution < 1.29 is 0 Å². The molecular formula is C28H25N5. The minimum absolute atomic E-state index is 0.755. The fourth-order valence-corrected chi connectivity index (χ4v) is 4.85. The number of pyridine rings is 1. The van der Waals surface area contributed by atoms with Crippen LogP contribution in [0.3, 0.4) is 0 Å². The van der Waals surface area contributed by atoms with Gasteiger partial charge in [-0.1, -0.05) is 60.7 Å². The van der Waals surface area contributed by atoms with E-state index in [-0.39, 0.29) is 0 Å². The molecule has 33 heavy (non-hydrogen) atoms. The van der Waals surface area contributed by atoms with Gasteiger partial charge < -0.3 is 9.80 Å². The van der Waals surface area contributed by atoms with E-state index in [1.165, 1.54) is 32.8 Å². The molecule has 0 unspecified atom stereocenters. The molecule has 1 aliphatic heterocycles. The number of aromatic nitrogens is 3. The third kappa shape index (κ3) is 3.76. The summed E-state index contributed by atoms with van der Waals surface area (Å²) >= 11 is 0. The summed E-state index contributed by atoms with van der Waals surface area (Å²) in [5, 5.41) is 14.3. The molecule has 1 saturated heterocycles. The predicted octanol–water partition coefficient (Wildman–Crippen LogP) is 5.10. The largest absolute Gasteiger partial charge is 0.367 e. The van der Waals surface area contributed by atoms with E-state index in [9.17, 15) is 0 Å². The molecule has 0 radical (unpaired) electrons. The minimum Gasteiger partial charge on any atom is -0.367 e. The number of hydrogen-bond donors (Lipinski definition) is 0. The second-order valence-corrected chi connectivity index (χ2v) is 8.52.